The maximum absolute atomic E-state index is 9.82. The van der Waals surface area contributed by atoms with Crippen molar-refractivity contribution >= 4 is 6.29 Å². The number of ether oxygens (including phenoxy) is 1. The van der Waals surface area contributed by atoms with Crippen LogP contribution in [0.1, 0.15) is 13.8 Å². The standard InChI is InChI=1S/C9H12O2/c1-4-9(2,3)11-8-6-5-7-10/h1,5-7H,8H2,2-3H3/b6-5+. The minimum Gasteiger partial charge on any atom is -0.359 e. The molecule has 0 atom stereocenters. The molecule has 0 heterocycles. The van der Waals surface area contributed by atoms with E-state index in [0.717, 1.165) is 0 Å². The van der Waals surface area contributed by atoms with E-state index in [1.807, 2.05) is 0 Å². The van der Waals surface area contributed by atoms with Crippen LogP contribution in [0.2, 0.25) is 0 Å². The topological polar surface area (TPSA) is 26.3 Å². The lowest BCUT2D eigenvalue weighted by Gasteiger charge is -2.16. The van der Waals surface area contributed by atoms with Crippen molar-refractivity contribution in [3.05, 3.63) is 12.2 Å². The maximum atomic E-state index is 9.82. The number of hydrogen-bond donors (Lipinski definition) is 0. The van der Waals surface area contributed by atoms with E-state index in [0.29, 0.717) is 12.9 Å². The lowest BCUT2D eigenvalue weighted by molar-refractivity contribution is -0.104. The average molecular weight is 152 g/mol. The van der Waals surface area contributed by atoms with E-state index in [4.69, 9.17) is 11.2 Å². The Morgan fingerprint density at radius 2 is 2.27 bits per heavy atom. The molecule has 0 radical (unpaired) electrons. The summed E-state index contributed by atoms with van der Waals surface area (Å²) < 4.78 is 5.20. The van der Waals surface area contributed by atoms with E-state index in [2.05, 4.69) is 5.92 Å². The summed E-state index contributed by atoms with van der Waals surface area (Å²) in [6, 6.07) is 0. The fourth-order valence-corrected chi connectivity index (χ4v) is 0.409. The van der Waals surface area contributed by atoms with Crippen molar-refractivity contribution < 1.29 is 9.53 Å². The Balaban J connectivity index is 3.64. The van der Waals surface area contributed by atoms with Gasteiger partial charge in [0.25, 0.3) is 0 Å². The molecule has 0 saturated heterocycles. The molecule has 2 nitrogen and oxygen atoms in total. The summed E-state index contributed by atoms with van der Waals surface area (Å²) in [7, 11) is 0. The van der Waals surface area contributed by atoms with Gasteiger partial charge in [-0.3, -0.25) is 4.79 Å². The van der Waals surface area contributed by atoms with Crippen molar-refractivity contribution in [3.8, 4) is 12.3 Å². The molecule has 0 aliphatic heterocycles. The molecular weight excluding hydrogens is 140 g/mol. The molecule has 0 N–H and O–H groups in total. The number of rotatable bonds is 4. The van der Waals surface area contributed by atoms with Gasteiger partial charge in [-0.05, 0) is 19.9 Å². The van der Waals surface area contributed by atoms with E-state index in [1.54, 1.807) is 19.9 Å². The zero-order valence-corrected chi connectivity index (χ0v) is 6.83. The van der Waals surface area contributed by atoms with Crippen molar-refractivity contribution in [1.82, 2.24) is 0 Å². The predicted molar refractivity (Wildman–Crippen MR) is 44.1 cm³/mol. The third-order valence-electron chi connectivity index (χ3n) is 1.10. The molecule has 2 heteroatoms. The van der Waals surface area contributed by atoms with Gasteiger partial charge in [0.05, 0.1) is 6.61 Å². The molecule has 0 aromatic carbocycles. The van der Waals surface area contributed by atoms with Crippen LogP contribution in [0.15, 0.2) is 12.2 Å². The van der Waals surface area contributed by atoms with Crippen molar-refractivity contribution in [2.75, 3.05) is 6.61 Å². The lowest BCUT2D eigenvalue weighted by atomic mass is 10.1. The van der Waals surface area contributed by atoms with Crippen LogP contribution in [-0.4, -0.2) is 18.5 Å². The van der Waals surface area contributed by atoms with Crippen LogP contribution in [0, 0.1) is 12.3 Å². The molecule has 0 amide bonds. The van der Waals surface area contributed by atoms with Gasteiger partial charge >= 0.3 is 0 Å². The van der Waals surface area contributed by atoms with Gasteiger partial charge in [0, 0.05) is 0 Å². The third-order valence-corrected chi connectivity index (χ3v) is 1.10. The van der Waals surface area contributed by atoms with Crippen LogP contribution in [-0.2, 0) is 9.53 Å². The van der Waals surface area contributed by atoms with Gasteiger partial charge in [0.2, 0.25) is 0 Å². The highest BCUT2D eigenvalue weighted by molar-refractivity contribution is 5.64. The highest BCUT2D eigenvalue weighted by Crippen LogP contribution is 2.05. The molecule has 11 heavy (non-hydrogen) atoms. The van der Waals surface area contributed by atoms with Gasteiger partial charge in [0.1, 0.15) is 11.9 Å². The van der Waals surface area contributed by atoms with E-state index >= 15 is 0 Å². The van der Waals surface area contributed by atoms with E-state index < -0.39 is 5.60 Å². The van der Waals surface area contributed by atoms with Crippen molar-refractivity contribution in [1.29, 1.82) is 0 Å². The third kappa shape index (κ3) is 5.38. The molecule has 0 fully saturated rings. The summed E-state index contributed by atoms with van der Waals surface area (Å²) in [4.78, 5) is 9.82. The normalized spacial score (nSPS) is 11.4. The number of terminal acetylenes is 1. The molecule has 0 aliphatic carbocycles. The van der Waals surface area contributed by atoms with Crippen LogP contribution in [0.4, 0.5) is 0 Å². The van der Waals surface area contributed by atoms with E-state index in [-0.39, 0.29) is 0 Å². The van der Waals surface area contributed by atoms with Crippen LogP contribution in [0.25, 0.3) is 0 Å². The smallest absolute Gasteiger partial charge is 0.142 e. The zero-order valence-electron chi connectivity index (χ0n) is 6.83. The lowest BCUT2D eigenvalue weighted by Crippen LogP contribution is -2.21. The Bertz CT molecular complexity index is 184. The highest BCUT2D eigenvalue weighted by Gasteiger charge is 2.11. The fourth-order valence-electron chi connectivity index (χ4n) is 0.409. The second-order valence-electron chi connectivity index (χ2n) is 2.53. The van der Waals surface area contributed by atoms with Crippen LogP contribution < -0.4 is 0 Å². The Morgan fingerprint density at radius 1 is 1.64 bits per heavy atom. The molecule has 0 aromatic heterocycles. The predicted octanol–water partition coefficient (Wildman–Crippen LogP) is 1.17. The van der Waals surface area contributed by atoms with Crippen LogP contribution in [0.3, 0.4) is 0 Å². The first-order valence-electron chi connectivity index (χ1n) is 3.34. The van der Waals surface area contributed by atoms with E-state index in [9.17, 15) is 4.79 Å². The largest absolute Gasteiger partial charge is 0.359 e. The molecule has 0 saturated carbocycles. The van der Waals surface area contributed by atoms with Gasteiger partial charge in [0.15, 0.2) is 0 Å². The first-order chi connectivity index (χ1) is 5.12. The molecule has 0 spiro atoms. The Morgan fingerprint density at radius 3 is 2.73 bits per heavy atom. The monoisotopic (exact) mass is 152 g/mol. The second kappa shape index (κ2) is 4.70. The number of aldehydes is 1. The summed E-state index contributed by atoms with van der Waals surface area (Å²) in [5.41, 5.74) is -0.548. The zero-order chi connectivity index (χ0) is 8.74. The van der Waals surface area contributed by atoms with Gasteiger partial charge in [-0.2, -0.15) is 0 Å². The number of hydrogen-bond acceptors (Lipinski definition) is 2. The summed E-state index contributed by atoms with van der Waals surface area (Å²) in [6.07, 6.45) is 8.85. The minimum absolute atomic E-state index is 0.371. The summed E-state index contributed by atoms with van der Waals surface area (Å²) >= 11 is 0. The minimum atomic E-state index is -0.548. The van der Waals surface area contributed by atoms with Crippen molar-refractivity contribution in [2.24, 2.45) is 0 Å². The molecule has 60 valence electrons. The first-order valence-corrected chi connectivity index (χ1v) is 3.34. The summed E-state index contributed by atoms with van der Waals surface area (Å²) in [6.45, 7) is 3.96. The van der Waals surface area contributed by atoms with Crippen LogP contribution >= 0.6 is 0 Å². The molecule has 0 bridgehead atoms. The van der Waals surface area contributed by atoms with Gasteiger partial charge in [-0.25, -0.2) is 0 Å². The molecular formula is C9H12O2. The first kappa shape index (κ1) is 9.93. The van der Waals surface area contributed by atoms with Crippen molar-refractivity contribution in [3.63, 3.8) is 0 Å². The highest BCUT2D eigenvalue weighted by atomic mass is 16.5. The molecule has 0 aliphatic rings. The van der Waals surface area contributed by atoms with Crippen LogP contribution in [0.5, 0.6) is 0 Å². The molecule has 0 rings (SSSR count). The fraction of sp³-hybridized carbons (Fsp3) is 0.444. The van der Waals surface area contributed by atoms with E-state index in [1.165, 1.54) is 6.08 Å². The number of carbonyl (C=O) groups is 1. The number of allylic oxidation sites excluding steroid dienone is 1. The molecule has 0 aromatic rings. The SMILES string of the molecule is C#CC(C)(C)OC/C=C/C=O. The second-order valence-corrected chi connectivity index (χ2v) is 2.53. The van der Waals surface area contributed by atoms with Gasteiger partial charge in [-0.15, -0.1) is 6.42 Å². The Kier molecular flexibility index (Phi) is 4.24. The van der Waals surface area contributed by atoms with Crippen molar-refractivity contribution in [2.45, 2.75) is 19.4 Å². The summed E-state index contributed by atoms with van der Waals surface area (Å²) in [5.74, 6) is 2.47. The summed E-state index contributed by atoms with van der Waals surface area (Å²) in [5, 5.41) is 0. The number of carbonyl (C=O) groups excluding carboxylic acids is 1. The Hall–Kier alpha value is -1.07. The maximum Gasteiger partial charge on any atom is 0.142 e. The Labute approximate surface area is 67.2 Å². The average Bonchev–Trinajstić information content (AvgIpc) is 1.99. The molecule has 0 unspecified atom stereocenters. The van der Waals surface area contributed by atoms with Gasteiger partial charge < -0.3 is 4.74 Å². The quantitative estimate of drug-likeness (QED) is 0.343. The van der Waals surface area contributed by atoms with Gasteiger partial charge in [-0.1, -0.05) is 12.0 Å².